The Morgan fingerprint density at radius 3 is 2.50 bits per heavy atom. The smallest absolute Gasteiger partial charge is 0.257 e. The van der Waals surface area contributed by atoms with E-state index < -0.39 is 0 Å². The van der Waals surface area contributed by atoms with Crippen molar-refractivity contribution in [2.75, 3.05) is 18.5 Å². The highest BCUT2D eigenvalue weighted by Gasteiger charge is 2.24. The van der Waals surface area contributed by atoms with Crippen LogP contribution in [-0.4, -0.2) is 35.9 Å². The molecule has 6 heteroatoms. The molecule has 34 heavy (non-hydrogen) atoms. The van der Waals surface area contributed by atoms with E-state index in [2.05, 4.69) is 39.9 Å². The largest absolute Gasteiger partial charge is 0.494 e. The molecule has 6 nitrogen and oxygen atoms in total. The fourth-order valence-electron chi connectivity index (χ4n) is 4.98. The topological polar surface area (TPSA) is 83.2 Å². The van der Waals surface area contributed by atoms with E-state index in [1.54, 1.807) is 6.20 Å². The number of nitrogens with one attached hydrogen (secondary N) is 3. The van der Waals surface area contributed by atoms with Gasteiger partial charge in [0.25, 0.3) is 5.91 Å². The summed E-state index contributed by atoms with van der Waals surface area (Å²) in [6.07, 6.45) is 7.93. The number of hydrogen-bond donors (Lipinski definition) is 3. The molecule has 0 spiro atoms. The molecule has 2 aromatic carbocycles. The third-order valence-electron chi connectivity index (χ3n) is 6.75. The lowest BCUT2D eigenvalue weighted by Crippen LogP contribution is -2.31. The Bertz CT molecular complexity index is 1140. The Hall–Kier alpha value is -3.38. The Morgan fingerprint density at radius 2 is 1.74 bits per heavy atom. The number of aryl methyl sites for hydroxylation is 1. The van der Waals surface area contributed by atoms with E-state index in [9.17, 15) is 9.59 Å². The average Bonchev–Trinajstić information content (AvgIpc) is 3.42. The second-order valence-electron chi connectivity index (χ2n) is 9.19. The third kappa shape index (κ3) is 5.07. The number of anilines is 1. The molecule has 0 saturated heterocycles. The van der Waals surface area contributed by atoms with E-state index in [1.165, 1.54) is 11.1 Å². The summed E-state index contributed by atoms with van der Waals surface area (Å²) in [6, 6.07) is 16.6. The minimum absolute atomic E-state index is 0.0506. The van der Waals surface area contributed by atoms with E-state index in [0.717, 1.165) is 56.5 Å². The fourth-order valence-corrected chi connectivity index (χ4v) is 4.98. The highest BCUT2D eigenvalue weighted by molar-refractivity contribution is 6.13. The molecule has 5 rings (SSSR count). The molecule has 2 aliphatic rings. The van der Waals surface area contributed by atoms with E-state index in [-0.39, 0.29) is 11.7 Å². The first-order valence-corrected chi connectivity index (χ1v) is 12.3. The second kappa shape index (κ2) is 10.3. The number of ether oxygens (including phenoxy) is 1. The molecule has 0 atom stereocenters. The molecule has 0 radical (unpaired) electrons. The first-order chi connectivity index (χ1) is 16.7. The molecule has 1 aromatic heterocycles. The quantitative estimate of drug-likeness (QED) is 0.338. The van der Waals surface area contributed by atoms with Gasteiger partial charge in [0.1, 0.15) is 5.75 Å². The maximum atomic E-state index is 12.8. The zero-order valence-electron chi connectivity index (χ0n) is 19.4. The summed E-state index contributed by atoms with van der Waals surface area (Å²) < 4.78 is 5.86. The first kappa shape index (κ1) is 22.4. The molecule has 1 heterocycles. The molecule has 2 aliphatic carbocycles. The Morgan fingerprint density at radius 1 is 1.00 bits per heavy atom. The van der Waals surface area contributed by atoms with Gasteiger partial charge in [-0.2, -0.15) is 0 Å². The number of carbonyl (C=O) groups is 2. The van der Waals surface area contributed by atoms with Gasteiger partial charge in [-0.1, -0.05) is 24.3 Å². The Balaban J connectivity index is 1.06. The fraction of sp³-hybridized carbons (Fsp3) is 0.357. The van der Waals surface area contributed by atoms with Crippen molar-refractivity contribution in [1.82, 2.24) is 10.3 Å². The van der Waals surface area contributed by atoms with Gasteiger partial charge in [-0.3, -0.25) is 9.59 Å². The molecular formula is C28H31N3O3. The molecule has 3 aromatic rings. The van der Waals surface area contributed by atoms with Crippen LogP contribution in [0.5, 0.6) is 5.75 Å². The SMILES string of the molecule is O=C(Nc1ccc(OCCCNC2Cc3ccccc3C2)cc1)c1c[nH]c2c1C(=O)CCCC2. The summed E-state index contributed by atoms with van der Waals surface area (Å²) >= 11 is 0. The average molecular weight is 458 g/mol. The van der Waals surface area contributed by atoms with Crippen molar-refractivity contribution in [2.45, 2.75) is 51.0 Å². The molecule has 0 fully saturated rings. The molecule has 0 saturated carbocycles. The lowest BCUT2D eigenvalue weighted by molar-refractivity contribution is 0.0965. The monoisotopic (exact) mass is 457 g/mol. The standard InChI is InChI=1S/C28H31N3O3/c32-26-9-4-3-8-25-27(26)24(18-30-25)28(33)31-21-10-12-23(13-11-21)34-15-5-14-29-22-16-19-6-1-2-7-20(19)17-22/h1-2,6-7,10-13,18,22,29-30H,3-5,8-9,14-17H2,(H,31,33). The predicted molar refractivity (Wildman–Crippen MR) is 133 cm³/mol. The minimum Gasteiger partial charge on any atom is -0.494 e. The maximum absolute atomic E-state index is 12.8. The number of amides is 1. The number of hydrogen-bond acceptors (Lipinski definition) is 4. The zero-order valence-corrected chi connectivity index (χ0v) is 19.4. The minimum atomic E-state index is -0.262. The van der Waals surface area contributed by atoms with Gasteiger partial charge in [0, 0.05) is 30.0 Å². The van der Waals surface area contributed by atoms with Gasteiger partial charge in [-0.25, -0.2) is 0 Å². The van der Waals surface area contributed by atoms with Crippen molar-refractivity contribution < 1.29 is 14.3 Å². The highest BCUT2D eigenvalue weighted by Crippen LogP contribution is 2.25. The first-order valence-electron chi connectivity index (χ1n) is 12.3. The summed E-state index contributed by atoms with van der Waals surface area (Å²) in [5.41, 5.74) is 5.47. The molecule has 0 unspecified atom stereocenters. The lowest BCUT2D eigenvalue weighted by atomic mass is 10.0. The Labute approximate surface area is 200 Å². The van der Waals surface area contributed by atoms with Crippen LogP contribution in [0.2, 0.25) is 0 Å². The van der Waals surface area contributed by atoms with Gasteiger partial charge < -0.3 is 20.4 Å². The van der Waals surface area contributed by atoms with Crippen molar-refractivity contribution in [3.8, 4) is 5.75 Å². The molecule has 0 aliphatic heterocycles. The Kier molecular flexibility index (Phi) is 6.77. The summed E-state index contributed by atoms with van der Waals surface area (Å²) in [7, 11) is 0. The normalized spacial score (nSPS) is 15.5. The zero-order chi connectivity index (χ0) is 23.3. The summed E-state index contributed by atoms with van der Waals surface area (Å²) in [6.45, 7) is 1.56. The number of aromatic amines is 1. The predicted octanol–water partition coefficient (Wildman–Crippen LogP) is 4.70. The van der Waals surface area contributed by atoms with Crippen molar-refractivity contribution >= 4 is 17.4 Å². The number of rotatable bonds is 8. The van der Waals surface area contributed by atoms with E-state index in [0.29, 0.717) is 35.9 Å². The van der Waals surface area contributed by atoms with Crippen LogP contribution in [-0.2, 0) is 19.3 Å². The molecule has 176 valence electrons. The van der Waals surface area contributed by atoms with Gasteiger partial charge in [-0.15, -0.1) is 0 Å². The van der Waals surface area contributed by atoms with Crippen LogP contribution in [0.3, 0.4) is 0 Å². The van der Waals surface area contributed by atoms with Gasteiger partial charge >= 0.3 is 0 Å². The van der Waals surface area contributed by atoms with E-state index in [4.69, 9.17) is 4.74 Å². The van der Waals surface area contributed by atoms with Crippen LogP contribution in [0.25, 0.3) is 0 Å². The highest BCUT2D eigenvalue weighted by atomic mass is 16.5. The molecule has 3 N–H and O–H groups in total. The van der Waals surface area contributed by atoms with Crippen LogP contribution in [0.1, 0.15) is 63.2 Å². The lowest BCUT2D eigenvalue weighted by Gasteiger charge is -2.12. The van der Waals surface area contributed by atoms with Crippen LogP contribution in [0.4, 0.5) is 5.69 Å². The number of fused-ring (bicyclic) bond motifs is 2. The van der Waals surface area contributed by atoms with Crippen molar-refractivity contribution in [2.24, 2.45) is 0 Å². The molecule has 0 bridgehead atoms. The van der Waals surface area contributed by atoms with E-state index >= 15 is 0 Å². The van der Waals surface area contributed by atoms with Gasteiger partial charge in [0.2, 0.25) is 0 Å². The van der Waals surface area contributed by atoms with Crippen LogP contribution < -0.4 is 15.4 Å². The summed E-state index contributed by atoms with van der Waals surface area (Å²) in [4.78, 5) is 28.4. The van der Waals surface area contributed by atoms with Crippen molar-refractivity contribution in [3.05, 3.63) is 82.7 Å². The molecular weight excluding hydrogens is 426 g/mol. The summed E-state index contributed by atoms with van der Waals surface area (Å²) in [5, 5.41) is 6.53. The van der Waals surface area contributed by atoms with Gasteiger partial charge in [-0.05, 0) is 80.5 Å². The van der Waals surface area contributed by atoms with Crippen molar-refractivity contribution in [3.63, 3.8) is 0 Å². The second-order valence-corrected chi connectivity index (χ2v) is 9.19. The number of benzene rings is 2. The number of aromatic nitrogens is 1. The van der Waals surface area contributed by atoms with Crippen LogP contribution in [0, 0.1) is 0 Å². The summed E-state index contributed by atoms with van der Waals surface area (Å²) in [5.74, 6) is 0.563. The number of carbonyl (C=O) groups excluding carboxylic acids is 2. The van der Waals surface area contributed by atoms with E-state index in [1.807, 2.05) is 24.3 Å². The van der Waals surface area contributed by atoms with Gasteiger partial charge in [0.05, 0.1) is 17.7 Å². The number of Topliss-reactive ketones (excluding diaryl/α,β-unsaturated/α-hetero) is 1. The number of ketones is 1. The maximum Gasteiger partial charge on any atom is 0.257 e. The van der Waals surface area contributed by atoms with Crippen LogP contribution in [0.15, 0.2) is 54.7 Å². The van der Waals surface area contributed by atoms with Crippen molar-refractivity contribution in [1.29, 1.82) is 0 Å². The van der Waals surface area contributed by atoms with Crippen LogP contribution >= 0.6 is 0 Å². The van der Waals surface area contributed by atoms with Gasteiger partial charge in [0.15, 0.2) is 5.78 Å². The molecule has 1 amide bonds. The third-order valence-corrected chi connectivity index (χ3v) is 6.75. The number of H-pyrrole nitrogens is 1.